The molecule has 0 aromatic heterocycles. The van der Waals surface area contributed by atoms with Gasteiger partial charge in [-0.15, -0.1) is 0 Å². The molecule has 0 aliphatic rings. The number of hydrogen-bond donors (Lipinski definition) is 2. The van der Waals surface area contributed by atoms with Crippen LogP contribution in [0.2, 0.25) is 0 Å². The van der Waals surface area contributed by atoms with Gasteiger partial charge in [0.15, 0.2) is 0 Å². The zero-order chi connectivity index (χ0) is 23.8. The minimum atomic E-state index is -1.41. The van der Waals surface area contributed by atoms with Crippen molar-refractivity contribution in [3.63, 3.8) is 0 Å². The fraction of sp³-hybridized carbons (Fsp3) is 0.286. The highest BCUT2D eigenvalue weighted by molar-refractivity contribution is 5.89. The van der Waals surface area contributed by atoms with Crippen LogP contribution in [0.25, 0.3) is 0 Å². The number of nitro groups is 1. The lowest BCUT2D eigenvalue weighted by Gasteiger charge is -2.25. The number of nitrogens with one attached hydrogen (secondary N) is 1. The lowest BCUT2D eigenvalue weighted by atomic mass is 9.87. The Morgan fingerprint density at radius 2 is 1.81 bits per heavy atom. The van der Waals surface area contributed by atoms with Crippen molar-refractivity contribution in [1.82, 2.24) is 5.32 Å². The lowest BCUT2D eigenvalue weighted by Crippen LogP contribution is -2.49. The third-order valence-corrected chi connectivity index (χ3v) is 4.62. The van der Waals surface area contributed by atoms with Crippen molar-refractivity contribution in [3.05, 3.63) is 75.3 Å². The van der Waals surface area contributed by atoms with Gasteiger partial charge in [-0.05, 0) is 24.1 Å². The number of non-ortho nitro benzene ring substituents is 1. The van der Waals surface area contributed by atoms with E-state index in [1.807, 2.05) is 0 Å². The molecule has 2 aromatic carbocycles. The van der Waals surface area contributed by atoms with Crippen LogP contribution >= 0.6 is 0 Å². The van der Waals surface area contributed by atoms with Crippen molar-refractivity contribution >= 4 is 23.5 Å². The number of rotatable bonds is 10. The third-order valence-electron chi connectivity index (χ3n) is 4.62. The fourth-order valence-electron chi connectivity index (χ4n) is 3.10. The summed E-state index contributed by atoms with van der Waals surface area (Å²) in [5, 5.41) is 13.3. The van der Waals surface area contributed by atoms with E-state index in [0.717, 1.165) is 12.1 Å². The van der Waals surface area contributed by atoms with Crippen LogP contribution in [0.4, 0.5) is 14.5 Å². The molecule has 11 heteroatoms. The number of carbonyl (C=O) groups excluding carboxylic acids is 3. The van der Waals surface area contributed by atoms with Crippen molar-refractivity contribution in [2.45, 2.75) is 31.7 Å². The minimum Gasteiger partial charge on any atom is -0.466 e. The standard InChI is InChI=1S/C21H21F2N3O6/c1-2-32-19(28)11-16(12-4-7-15(8-5-12)26(30)31)20(21(24)29)25-18(27)9-13-3-6-14(22)10-17(13)23/h3-8,10,16,20H,2,9,11H2,1H3,(H2,24,29)(H,25,27)/t16-,20+/m0/s1. The molecule has 0 radical (unpaired) electrons. The lowest BCUT2D eigenvalue weighted by molar-refractivity contribution is -0.384. The minimum absolute atomic E-state index is 0.0727. The normalized spacial score (nSPS) is 12.5. The van der Waals surface area contributed by atoms with Crippen LogP contribution in [0, 0.1) is 21.7 Å². The summed E-state index contributed by atoms with van der Waals surface area (Å²) in [6, 6.07) is 6.33. The molecule has 0 saturated heterocycles. The van der Waals surface area contributed by atoms with Gasteiger partial charge in [0.25, 0.3) is 5.69 Å². The van der Waals surface area contributed by atoms with Crippen molar-refractivity contribution in [2.75, 3.05) is 6.61 Å². The molecular weight excluding hydrogens is 428 g/mol. The maximum Gasteiger partial charge on any atom is 0.306 e. The van der Waals surface area contributed by atoms with Crippen LogP contribution in [0.15, 0.2) is 42.5 Å². The molecule has 0 saturated carbocycles. The number of benzene rings is 2. The summed E-state index contributed by atoms with van der Waals surface area (Å²) < 4.78 is 31.8. The molecule has 2 aromatic rings. The molecule has 0 fully saturated rings. The van der Waals surface area contributed by atoms with E-state index in [2.05, 4.69) is 5.32 Å². The van der Waals surface area contributed by atoms with E-state index in [0.29, 0.717) is 11.6 Å². The topological polar surface area (TPSA) is 142 Å². The molecule has 9 nitrogen and oxygen atoms in total. The van der Waals surface area contributed by atoms with Crippen LogP contribution < -0.4 is 11.1 Å². The van der Waals surface area contributed by atoms with Gasteiger partial charge in [0.05, 0.1) is 24.4 Å². The summed E-state index contributed by atoms with van der Waals surface area (Å²) in [6.45, 7) is 1.66. The van der Waals surface area contributed by atoms with Crippen LogP contribution in [0.5, 0.6) is 0 Å². The second-order valence-electron chi connectivity index (χ2n) is 6.82. The zero-order valence-electron chi connectivity index (χ0n) is 17.0. The van der Waals surface area contributed by atoms with Crippen molar-refractivity contribution in [1.29, 1.82) is 0 Å². The molecule has 32 heavy (non-hydrogen) atoms. The fourth-order valence-corrected chi connectivity index (χ4v) is 3.10. The molecule has 0 aliphatic carbocycles. The summed E-state index contributed by atoms with van der Waals surface area (Å²) in [4.78, 5) is 47.0. The number of nitrogens with zero attached hydrogens (tertiary/aromatic N) is 1. The summed E-state index contributed by atoms with van der Waals surface area (Å²) in [7, 11) is 0. The molecule has 0 spiro atoms. The Kier molecular flexibility index (Phi) is 8.33. The molecular formula is C21H21F2N3O6. The van der Waals surface area contributed by atoms with Gasteiger partial charge in [0, 0.05) is 24.1 Å². The number of ether oxygens (including phenoxy) is 1. The monoisotopic (exact) mass is 449 g/mol. The summed E-state index contributed by atoms with van der Waals surface area (Å²) in [5.41, 5.74) is 5.46. The van der Waals surface area contributed by atoms with Crippen LogP contribution in [0.1, 0.15) is 30.4 Å². The van der Waals surface area contributed by atoms with Crippen molar-refractivity contribution in [3.8, 4) is 0 Å². The van der Waals surface area contributed by atoms with Gasteiger partial charge in [-0.25, -0.2) is 8.78 Å². The molecule has 3 N–H and O–H groups in total. The summed E-state index contributed by atoms with van der Waals surface area (Å²) >= 11 is 0. The highest BCUT2D eigenvalue weighted by atomic mass is 19.1. The van der Waals surface area contributed by atoms with Gasteiger partial charge >= 0.3 is 5.97 Å². The quantitative estimate of drug-likeness (QED) is 0.323. The zero-order valence-corrected chi connectivity index (χ0v) is 17.0. The molecule has 170 valence electrons. The average molecular weight is 449 g/mol. The number of primary amides is 1. The number of hydrogen-bond acceptors (Lipinski definition) is 6. The van der Waals surface area contributed by atoms with E-state index in [4.69, 9.17) is 10.5 Å². The predicted octanol–water partition coefficient (Wildman–Crippen LogP) is 2.12. The highest BCUT2D eigenvalue weighted by Gasteiger charge is 2.32. The largest absolute Gasteiger partial charge is 0.466 e. The number of nitrogens with two attached hydrogens (primary N) is 1. The van der Waals surface area contributed by atoms with Crippen LogP contribution in [-0.2, 0) is 25.5 Å². The number of nitro benzene ring substituents is 1. The molecule has 2 rings (SSSR count). The number of halogens is 2. The van der Waals surface area contributed by atoms with Gasteiger partial charge in [-0.2, -0.15) is 0 Å². The van der Waals surface area contributed by atoms with Gasteiger partial charge in [-0.3, -0.25) is 24.5 Å². The molecule has 0 unspecified atom stereocenters. The number of amides is 2. The molecule has 0 heterocycles. The van der Waals surface area contributed by atoms with E-state index in [1.54, 1.807) is 6.92 Å². The number of carbonyl (C=O) groups is 3. The van der Waals surface area contributed by atoms with E-state index < -0.39 is 52.7 Å². The Hall–Kier alpha value is -3.89. The van der Waals surface area contributed by atoms with Crippen LogP contribution in [0.3, 0.4) is 0 Å². The van der Waals surface area contributed by atoms with Gasteiger partial charge in [-0.1, -0.05) is 18.2 Å². The Morgan fingerprint density at radius 1 is 1.16 bits per heavy atom. The molecule has 0 aliphatic heterocycles. The van der Waals surface area contributed by atoms with Crippen LogP contribution in [-0.4, -0.2) is 35.4 Å². The van der Waals surface area contributed by atoms with E-state index in [-0.39, 0.29) is 24.3 Å². The van der Waals surface area contributed by atoms with Crippen molar-refractivity contribution < 1.29 is 32.8 Å². The Labute approximate surface area is 181 Å². The SMILES string of the molecule is CCOC(=O)C[C@@H](c1ccc([N+](=O)[O-])cc1)[C@@H](NC(=O)Cc1ccc(F)cc1F)C(N)=O. The Balaban J connectivity index is 2.31. The Bertz CT molecular complexity index is 1010. The first-order valence-electron chi connectivity index (χ1n) is 9.55. The first-order valence-corrected chi connectivity index (χ1v) is 9.55. The van der Waals surface area contributed by atoms with E-state index >= 15 is 0 Å². The van der Waals surface area contributed by atoms with E-state index in [9.17, 15) is 33.3 Å². The molecule has 0 bridgehead atoms. The smallest absolute Gasteiger partial charge is 0.306 e. The van der Waals surface area contributed by atoms with E-state index in [1.165, 1.54) is 24.3 Å². The third kappa shape index (κ3) is 6.56. The highest BCUT2D eigenvalue weighted by Crippen LogP contribution is 2.27. The van der Waals surface area contributed by atoms with Crippen molar-refractivity contribution in [2.24, 2.45) is 5.73 Å². The maximum atomic E-state index is 13.9. The first kappa shape index (κ1) is 24.4. The second kappa shape index (κ2) is 10.9. The summed E-state index contributed by atoms with van der Waals surface area (Å²) in [6.07, 6.45) is -0.868. The van der Waals surface area contributed by atoms with Gasteiger partial charge < -0.3 is 15.8 Å². The maximum absolute atomic E-state index is 13.9. The molecule has 2 atom stereocenters. The van der Waals surface area contributed by atoms with Gasteiger partial charge in [0.2, 0.25) is 11.8 Å². The number of esters is 1. The summed E-state index contributed by atoms with van der Waals surface area (Å²) in [5.74, 6) is -5.21. The Morgan fingerprint density at radius 3 is 2.34 bits per heavy atom. The first-order chi connectivity index (χ1) is 15.1. The average Bonchev–Trinajstić information content (AvgIpc) is 2.72. The second-order valence-corrected chi connectivity index (χ2v) is 6.82. The molecule has 2 amide bonds. The van der Waals surface area contributed by atoms with Gasteiger partial charge in [0.1, 0.15) is 17.7 Å². The predicted molar refractivity (Wildman–Crippen MR) is 108 cm³/mol.